The number of aryl methyl sites for hydroxylation is 1. The lowest BCUT2D eigenvalue weighted by Gasteiger charge is -2.26. The molecule has 0 saturated heterocycles. The Morgan fingerprint density at radius 1 is 1.33 bits per heavy atom. The SMILES string of the molecule is CC(C)CC(CNC(=O)C1CC12CCCc1ccccc12)C(=O)O. The minimum absolute atomic E-state index is 0.00689. The second-order valence-electron chi connectivity index (χ2n) is 7.83. The van der Waals surface area contributed by atoms with Crippen molar-refractivity contribution >= 4 is 11.9 Å². The molecular weight excluding hydrogens is 302 g/mol. The van der Waals surface area contributed by atoms with Crippen molar-refractivity contribution in [1.29, 1.82) is 0 Å². The lowest BCUT2D eigenvalue weighted by molar-refractivity contribution is -0.142. The van der Waals surface area contributed by atoms with E-state index in [1.54, 1.807) is 0 Å². The highest BCUT2D eigenvalue weighted by molar-refractivity contribution is 5.85. The minimum atomic E-state index is -0.822. The molecule has 1 spiro atoms. The lowest BCUT2D eigenvalue weighted by Crippen LogP contribution is -2.36. The first-order chi connectivity index (χ1) is 11.4. The van der Waals surface area contributed by atoms with Gasteiger partial charge >= 0.3 is 5.97 Å². The van der Waals surface area contributed by atoms with Crippen LogP contribution in [0.1, 0.15) is 50.7 Å². The molecule has 1 amide bonds. The van der Waals surface area contributed by atoms with Crippen molar-refractivity contribution in [3.63, 3.8) is 0 Å². The van der Waals surface area contributed by atoms with E-state index in [1.807, 2.05) is 13.8 Å². The van der Waals surface area contributed by atoms with Crippen molar-refractivity contribution in [3.05, 3.63) is 35.4 Å². The third-order valence-electron chi connectivity index (χ3n) is 5.64. The van der Waals surface area contributed by atoms with E-state index in [2.05, 4.69) is 29.6 Å². The van der Waals surface area contributed by atoms with Gasteiger partial charge in [0.25, 0.3) is 0 Å². The molecule has 1 saturated carbocycles. The Kier molecular flexibility index (Phi) is 4.66. The lowest BCUT2D eigenvalue weighted by atomic mass is 9.78. The largest absolute Gasteiger partial charge is 0.481 e. The van der Waals surface area contributed by atoms with Gasteiger partial charge in [-0.2, -0.15) is 0 Å². The van der Waals surface area contributed by atoms with Gasteiger partial charge in [-0.15, -0.1) is 0 Å². The summed E-state index contributed by atoms with van der Waals surface area (Å²) in [5.41, 5.74) is 2.73. The van der Waals surface area contributed by atoms with Gasteiger partial charge in [0, 0.05) is 17.9 Å². The van der Waals surface area contributed by atoms with E-state index in [0.717, 1.165) is 25.7 Å². The van der Waals surface area contributed by atoms with Gasteiger partial charge in [0.1, 0.15) is 0 Å². The Morgan fingerprint density at radius 3 is 2.79 bits per heavy atom. The molecule has 2 aliphatic carbocycles. The van der Waals surface area contributed by atoms with E-state index in [1.165, 1.54) is 11.1 Å². The summed E-state index contributed by atoms with van der Waals surface area (Å²) >= 11 is 0. The molecule has 1 aromatic rings. The number of carboxylic acid groups (broad SMARTS) is 1. The van der Waals surface area contributed by atoms with Crippen molar-refractivity contribution in [3.8, 4) is 0 Å². The Morgan fingerprint density at radius 2 is 2.08 bits per heavy atom. The van der Waals surface area contributed by atoms with Crippen LogP contribution in [0.25, 0.3) is 0 Å². The summed E-state index contributed by atoms with van der Waals surface area (Å²) in [5.74, 6) is -0.977. The van der Waals surface area contributed by atoms with E-state index in [4.69, 9.17) is 0 Å². The van der Waals surface area contributed by atoms with Crippen molar-refractivity contribution in [1.82, 2.24) is 5.32 Å². The van der Waals surface area contributed by atoms with E-state index in [-0.39, 0.29) is 23.8 Å². The van der Waals surface area contributed by atoms with Crippen molar-refractivity contribution in [2.24, 2.45) is 17.8 Å². The number of hydrogen-bond donors (Lipinski definition) is 2. The highest BCUT2D eigenvalue weighted by atomic mass is 16.4. The fourth-order valence-corrected chi connectivity index (χ4v) is 4.36. The zero-order chi connectivity index (χ0) is 17.3. The van der Waals surface area contributed by atoms with E-state index in [0.29, 0.717) is 12.3 Å². The van der Waals surface area contributed by atoms with Crippen LogP contribution in [-0.4, -0.2) is 23.5 Å². The highest BCUT2D eigenvalue weighted by Gasteiger charge is 2.59. The van der Waals surface area contributed by atoms with Crippen LogP contribution in [0.2, 0.25) is 0 Å². The van der Waals surface area contributed by atoms with E-state index >= 15 is 0 Å². The first-order valence-corrected chi connectivity index (χ1v) is 9.03. The van der Waals surface area contributed by atoms with Gasteiger partial charge < -0.3 is 10.4 Å². The summed E-state index contributed by atoms with van der Waals surface area (Å²) in [7, 11) is 0. The second kappa shape index (κ2) is 6.58. The fourth-order valence-electron chi connectivity index (χ4n) is 4.36. The van der Waals surface area contributed by atoms with Crippen LogP contribution in [0, 0.1) is 17.8 Å². The van der Waals surface area contributed by atoms with Crippen LogP contribution in [0.5, 0.6) is 0 Å². The number of hydrogen-bond acceptors (Lipinski definition) is 2. The van der Waals surface area contributed by atoms with Crippen molar-refractivity contribution in [2.75, 3.05) is 6.54 Å². The predicted molar refractivity (Wildman–Crippen MR) is 92.8 cm³/mol. The number of carbonyl (C=O) groups excluding carboxylic acids is 1. The van der Waals surface area contributed by atoms with Crippen LogP contribution in [0.15, 0.2) is 24.3 Å². The molecule has 0 aliphatic heterocycles. The molecule has 4 nitrogen and oxygen atoms in total. The summed E-state index contributed by atoms with van der Waals surface area (Å²) in [4.78, 5) is 23.9. The average molecular weight is 329 g/mol. The number of carbonyl (C=O) groups is 2. The van der Waals surface area contributed by atoms with Crippen LogP contribution in [-0.2, 0) is 21.4 Å². The van der Waals surface area contributed by atoms with Crippen LogP contribution in [0.4, 0.5) is 0 Å². The number of nitrogens with one attached hydrogen (secondary N) is 1. The molecule has 1 fully saturated rings. The van der Waals surface area contributed by atoms with Crippen LogP contribution < -0.4 is 5.32 Å². The third kappa shape index (κ3) is 3.19. The predicted octanol–water partition coefficient (Wildman–Crippen LogP) is 3.14. The quantitative estimate of drug-likeness (QED) is 0.842. The first kappa shape index (κ1) is 17.0. The van der Waals surface area contributed by atoms with Crippen LogP contribution >= 0.6 is 0 Å². The Bertz CT molecular complexity index is 640. The van der Waals surface area contributed by atoms with Crippen molar-refractivity contribution < 1.29 is 14.7 Å². The monoisotopic (exact) mass is 329 g/mol. The van der Waals surface area contributed by atoms with E-state index in [9.17, 15) is 14.7 Å². The highest BCUT2D eigenvalue weighted by Crippen LogP contribution is 2.60. The summed E-state index contributed by atoms with van der Waals surface area (Å²) < 4.78 is 0. The molecule has 0 heterocycles. The number of carboxylic acids is 1. The molecule has 0 radical (unpaired) electrons. The van der Waals surface area contributed by atoms with Crippen molar-refractivity contribution in [2.45, 2.75) is 51.4 Å². The molecule has 130 valence electrons. The molecule has 24 heavy (non-hydrogen) atoms. The van der Waals surface area contributed by atoms with E-state index < -0.39 is 11.9 Å². The number of rotatable bonds is 6. The first-order valence-electron chi connectivity index (χ1n) is 9.03. The topological polar surface area (TPSA) is 66.4 Å². The fraction of sp³-hybridized carbons (Fsp3) is 0.600. The zero-order valence-corrected chi connectivity index (χ0v) is 14.5. The molecule has 0 bridgehead atoms. The summed E-state index contributed by atoms with van der Waals surface area (Å²) in [5, 5.41) is 12.2. The average Bonchev–Trinajstić information content (AvgIpc) is 3.26. The molecule has 2 aliphatic rings. The molecular formula is C20H27NO3. The van der Waals surface area contributed by atoms with Gasteiger partial charge in [0.15, 0.2) is 0 Å². The molecule has 3 atom stereocenters. The van der Waals surface area contributed by atoms with Gasteiger partial charge in [0.05, 0.1) is 5.92 Å². The standard InChI is InChI=1S/C20H27NO3/c1-13(2)10-15(19(23)24)12-21-18(22)17-11-20(17)9-5-7-14-6-3-4-8-16(14)20/h3-4,6,8,13,15,17H,5,7,9-12H2,1-2H3,(H,21,22)(H,23,24). The molecule has 3 rings (SSSR count). The Hall–Kier alpha value is -1.84. The molecule has 2 N–H and O–H groups in total. The maximum atomic E-state index is 12.6. The normalized spacial score (nSPS) is 26.0. The van der Waals surface area contributed by atoms with Gasteiger partial charge in [-0.25, -0.2) is 0 Å². The summed E-state index contributed by atoms with van der Waals surface area (Å²) in [6, 6.07) is 8.47. The molecule has 3 unspecified atom stereocenters. The third-order valence-corrected chi connectivity index (χ3v) is 5.64. The van der Waals surface area contributed by atoms with Gasteiger partial charge in [0.2, 0.25) is 5.91 Å². The van der Waals surface area contributed by atoms with Gasteiger partial charge in [-0.05, 0) is 49.1 Å². The molecule has 1 aromatic carbocycles. The van der Waals surface area contributed by atoms with Gasteiger partial charge in [-0.3, -0.25) is 9.59 Å². The zero-order valence-electron chi connectivity index (χ0n) is 14.5. The maximum Gasteiger partial charge on any atom is 0.308 e. The Balaban J connectivity index is 1.63. The van der Waals surface area contributed by atoms with Crippen LogP contribution in [0.3, 0.4) is 0 Å². The second-order valence-corrected chi connectivity index (χ2v) is 7.83. The Labute approximate surface area is 143 Å². The summed E-state index contributed by atoms with van der Waals surface area (Å²) in [6.45, 7) is 4.25. The van der Waals surface area contributed by atoms with Gasteiger partial charge in [-0.1, -0.05) is 38.1 Å². The number of amides is 1. The maximum absolute atomic E-state index is 12.6. The molecule has 0 aromatic heterocycles. The smallest absolute Gasteiger partial charge is 0.308 e. The minimum Gasteiger partial charge on any atom is -0.481 e. The number of fused-ring (bicyclic) bond motifs is 2. The number of aliphatic carboxylic acids is 1. The number of benzene rings is 1. The molecule has 4 heteroatoms. The summed E-state index contributed by atoms with van der Waals surface area (Å²) in [6.07, 6.45) is 4.79.